The highest BCUT2D eigenvalue weighted by Gasteiger charge is 2.60. The first-order valence-corrected chi connectivity index (χ1v) is 11.7. The van der Waals surface area contributed by atoms with E-state index in [0.717, 1.165) is 6.07 Å². The number of halogens is 5. The molecule has 0 spiro atoms. The molecular formula is C19H20F5N7O3S. The number of aromatic nitrogens is 5. The summed E-state index contributed by atoms with van der Waals surface area (Å²) in [6.45, 7) is 2.67. The third kappa shape index (κ3) is 4.13. The van der Waals surface area contributed by atoms with Crippen molar-refractivity contribution in [2.75, 3.05) is 26.2 Å². The van der Waals surface area contributed by atoms with Crippen LogP contribution in [0, 0.1) is 13.8 Å². The first-order valence-electron chi connectivity index (χ1n) is 10.2. The molecular weight excluding hydrogens is 501 g/mol. The van der Waals surface area contributed by atoms with Gasteiger partial charge in [0.05, 0.1) is 11.9 Å². The van der Waals surface area contributed by atoms with E-state index >= 15 is 0 Å². The number of amides is 1. The predicted octanol–water partition coefficient (Wildman–Crippen LogP) is 1.88. The molecule has 10 nitrogen and oxygen atoms in total. The lowest BCUT2D eigenvalue weighted by atomic mass is 10.2. The molecule has 0 N–H and O–H groups in total. The number of hydrogen-bond donors (Lipinski definition) is 0. The second kappa shape index (κ2) is 8.22. The molecule has 4 heterocycles. The summed E-state index contributed by atoms with van der Waals surface area (Å²) in [6, 6.07) is 1.58. The smallest absolute Gasteiger partial charge is 0.335 e. The van der Waals surface area contributed by atoms with Crippen LogP contribution in [0.25, 0.3) is 5.65 Å². The summed E-state index contributed by atoms with van der Waals surface area (Å²) in [4.78, 5) is 18.1. The largest absolute Gasteiger partial charge is 0.459 e. The quantitative estimate of drug-likeness (QED) is 0.486. The zero-order valence-electron chi connectivity index (χ0n) is 18.7. The molecule has 0 bridgehead atoms. The normalized spacial score (nSPS) is 16.3. The summed E-state index contributed by atoms with van der Waals surface area (Å²) in [6.07, 6.45) is -4.64. The molecule has 0 radical (unpaired) electrons. The molecule has 16 heteroatoms. The zero-order chi connectivity index (χ0) is 25.9. The minimum Gasteiger partial charge on any atom is -0.335 e. The van der Waals surface area contributed by atoms with Crippen LogP contribution in [0.3, 0.4) is 0 Å². The monoisotopic (exact) mass is 521 g/mol. The van der Waals surface area contributed by atoms with E-state index in [1.807, 2.05) is 0 Å². The Kier molecular flexibility index (Phi) is 5.86. The van der Waals surface area contributed by atoms with E-state index < -0.39 is 33.7 Å². The zero-order valence-corrected chi connectivity index (χ0v) is 19.5. The van der Waals surface area contributed by atoms with Crippen LogP contribution in [0.1, 0.15) is 27.6 Å². The van der Waals surface area contributed by atoms with Gasteiger partial charge in [0.15, 0.2) is 11.3 Å². The highest BCUT2D eigenvalue weighted by atomic mass is 32.2. The van der Waals surface area contributed by atoms with Gasteiger partial charge in [-0.3, -0.25) is 9.48 Å². The van der Waals surface area contributed by atoms with Crippen molar-refractivity contribution >= 4 is 21.6 Å². The molecule has 0 aliphatic carbocycles. The van der Waals surface area contributed by atoms with Crippen LogP contribution in [0.15, 0.2) is 23.2 Å². The fraction of sp³-hybridized carbons (Fsp3) is 0.474. The van der Waals surface area contributed by atoms with Crippen molar-refractivity contribution in [3.63, 3.8) is 0 Å². The summed E-state index contributed by atoms with van der Waals surface area (Å²) in [5.41, 5.74) is -1.86. The van der Waals surface area contributed by atoms with Gasteiger partial charge in [-0.15, -0.1) is 0 Å². The first-order chi connectivity index (χ1) is 16.1. The standard InChI is InChI=1S/C19H20F5N7O3S/c1-11-8-15(18(20,21)19(22,23)24)31-16(26-11)9-13(27-31)17(32)29-4-6-30(7-5-29)35(33,34)14-10-25-28(3)12(14)2/h8-10H,4-7H2,1-3H3. The third-order valence-electron chi connectivity index (χ3n) is 5.79. The topological polar surface area (TPSA) is 106 Å². The van der Waals surface area contributed by atoms with Gasteiger partial charge in [0, 0.05) is 45.0 Å². The van der Waals surface area contributed by atoms with Gasteiger partial charge >= 0.3 is 12.1 Å². The Morgan fingerprint density at radius 1 is 1.03 bits per heavy atom. The molecule has 4 rings (SSSR count). The lowest BCUT2D eigenvalue weighted by molar-refractivity contribution is -0.291. The van der Waals surface area contributed by atoms with E-state index in [1.54, 1.807) is 14.0 Å². The van der Waals surface area contributed by atoms with Gasteiger partial charge in [-0.2, -0.15) is 36.5 Å². The molecule has 0 unspecified atom stereocenters. The van der Waals surface area contributed by atoms with Crippen LogP contribution < -0.4 is 0 Å². The second-order valence-electron chi connectivity index (χ2n) is 8.07. The molecule has 1 aliphatic rings. The summed E-state index contributed by atoms with van der Waals surface area (Å²) >= 11 is 0. The van der Waals surface area contributed by atoms with Crippen molar-refractivity contribution in [3.05, 3.63) is 41.1 Å². The van der Waals surface area contributed by atoms with Gasteiger partial charge in [0.2, 0.25) is 10.0 Å². The Hall–Kier alpha value is -3.14. The number of alkyl halides is 5. The fourth-order valence-electron chi connectivity index (χ4n) is 3.74. The lowest BCUT2D eigenvalue weighted by Crippen LogP contribution is -2.50. The maximum atomic E-state index is 14.1. The molecule has 190 valence electrons. The highest BCUT2D eigenvalue weighted by molar-refractivity contribution is 7.89. The van der Waals surface area contributed by atoms with E-state index in [4.69, 9.17) is 0 Å². The molecule has 1 fully saturated rings. The van der Waals surface area contributed by atoms with Crippen LogP contribution in [-0.4, -0.2) is 80.3 Å². The molecule has 3 aromatic heterocycles. The van der Waals surface area contributed by atoms with E-state index in [0.29, 0.717) is 16.3 Å². The maximum absolute atomic E-state index is 14.1. The van der Waals surface area contributed by atoms with Gasteiger partial charge in [-0.1, -0.05) is 0 Å². The van der Waals surface area contributed by atoms with Crippen LogP contribution in [0.4, 0.5) is 22.0 Å². The number of carbonyl (C=O) groups is 1. The van der Waals surface area contributed by atoms with Crippen molar-refractivity contribution < 1.29 is 35.2 Å². The van der Waals surface area contributed by atoms with E-state index in [1.165, 1.54) is 27.0 Å². The Morgan fingerprint density at radius 2 is 1.66 bits per heavy atom. The number of sulfonamides is 1. The van der Waals surface area contributed by atoms with Gasteiger partial charge in [0.1, 0.15) is 10.6 Å². The molecule has 1 aliphatic heterocycles. The number of fused-ring (bicyclic) bond motifs is 1. The van der Waals surface area contributed by atoms with Gasteiger partial charge in [-0.25, -0.2) is 17.9 Å². The molecule has 3 aromatic rings. The van der Waals surface area contributed by atoms with Crippen LogP contribution in [0.2, 0.25) is 0 Å². The van der Waals surface area contributed by atoms with E-state index in [2.05, 4.69) is 15.2 Å². The van der Waals surface area contributed by atoms with Crippen molar-refractivity contribution in [2.45, 2.75) is 30.8 Å². The number of aryl methyl sites for hydroxylation is 2. The van der Waals surface area contributed by atoms with Crippen LogP contribution in [-0.2, 0) is 23.0 Å². The number of rotatable bonds is 4. The minimum atomic E-state index is -5.88. The summed E-state index contributed by atoms with van der Waals surface area (Å²) in [7, 11) is -2.25. The number of carbonyl (C=O) groups excluding carboxylic acids is 1. The Labute approximate surface area is 196 Å². The average molecular weight is 521 g/mol. The van der Waals surface area contributed by atoms with Crippen molar-refractivity contribution in [1.29, 1.82) is 0 Å². The number of piperazine rings is 1. The van der Waals surface area contributed by atoms with E-state index in [-0.39, 0.29) is 48.1 Å². The van der Waals surface area contributed by atoms with Crippen LogP contribution >= 0.6 is 0 Å². The van der Waals surface area contributed by atoms with Gasteiger partial charge < -0.3 is 4.90 Å². The Balaban J connectivity index is 1.57. The molecule has 0 aromatic carbocycles. The van der Waals surface area contributed by atoms with E-state index in [9.17, 15) is 35.2 Å². The number of nitrogens with zero attached hydrogens (tertiary/aromatic N) is 7. The second-order valence-corrected chi connectivity index (χ2v) is 9.97. The lowest BCUT2D eigenvalue weighted by Gasteiger charge is -2.33. The molecule has 1 saturated heterocycles. The SMILES string of the molecule is Cc1cc(C(F)(F)C(F)(F)F)n2nc(C(=O)N3CCN(S(=O)(=O)c4cnn(C)c4C)CC3)cc2n1. The summed E-state index contributed by atoms with van der Waals surface area (Å²) in [5, 5.41) is 7.61. The van der Waals surface area contributed by atoms with Crippen LogP contribution in [0.5, 0.6) is 0 Å². The average Bonchev–Trinajstić information content (AvgIpc) is 3.35. The maximum Gasteiger partial charge on any atom is 0.459 e. The van der Waals surface area contributed by atoms with Gasteiger partial charge in [-0.05, 0) is 19.9 Å². The number of hydrogen-bond acceptors (Lipinski definition) is 6. The highest BCUT2D eigenvalue weighted by Crippen LogP contribution is 2.43. The summed E-state index contributed by atoms with van der Waals surface area (Å²) < 4.78 is 95.8. The molecule has 1 amide bonds. The summed E-state index contributed by atoms with van der Waals surface area (Å²) in [5.74, 6) is -5.97. The van der Waals surface area contributed by atoms with Gasteiger partial charge in [0.25, 0.3) is 5.91 Å². The Morgan fingerprint density at radius 3 is 2.20 bits per heavy atom. The predicted molar refractivity (Wildman–Crippen MR) is 110 cm³/mol. The fourth-order valence-corrected chi connectivity index (χ4v) is 5.35. The third-order valence-corrected chi connectivity index (χ3v) is 7.79. The van der Waals surface area contributed by atoms with Crippen molar-refractivity contribution in [1.82, 2.24) is 33.6 Å². The van der Waals surface area contributed by atoms with Crippen molar-refractivity contribution in [2.24, 2.45) is 7.05 Å². The minimum absolute atomic E-state index is 0.0384. The molecule has 35 heavy (non-hydrogen) atoms. The molecule has 0 saturated carbocycles. The van der Waals surface area contributed by atoms with Crippen molar-refractivity contribution in [3.8, 4) is 0 Å². The first kappa shape index (κ1) is 25.0. The Bertz CT molecular complexity index is 1410. The molecule has 0 atom stereocenters.